The summed E-state index contributed by atoms with van der Waals surface area (Å²) in [6.45, 7) is 7.59. The van der Waals surface area contributed by atoms with Gasteiger partial charge in [0.25, 0.3) is 0 Å². The summed E-state index contributed by atoms with van der Waals surface area (Å²) in [5.74, 6) is 0.907. The van der Waals surface area contributed by atoms with Gasteiger partial charge >= 0.3 is 0 Å². The Morgan fingerprint density at radius 3 is 2.50 bits per heavy atom. The Labute approximate surface area is 126 Å². The van der Waals surface area contributed by atoms with Crippen LogP contribution in [0.4, 0.5) is 5.13 Å². The van der Waals surface area contributed by atoms with Crippen LogP contribution in [0.5, 0.6) is 0 Å². The monoisotopic (exact) mass is 297 g/mol. The Morgan fingerprint density at radius 2 is 1.95 bits per heavy atom. The van der Waals surface area contributed by atoms with Crippen molar-refractivity contribution in [2.75, 3.05) is 18.5 Å². The van der Waals surface area contributed by atoms with Crippen molar-refractivity contribution in [3.05, 3.63) is 5.82 Å². The first-order valence-electron chi connectivity index (χ1n) is 7.64. The van der Waals surface area contributed by atoms with Gasteiger partial charge in [-0.25, -0.2) is 4.98 Å². The summed E-state index contributed by atoms with van der Waals surface area (Å²) in [4.78, 5) is 4.59. The van der Waals surface area contributed by atoms with Gasteiger partial charge in [-0.05, 0) is 24.7 Å². The quantitative estimate of drug-likeness (QED) is 0.872. The maximum Gasteiger partial charge on any atom is 0.202 e. The van der Waals surface area contributed by atoms with Crippen molar-refractivity contribution in [1.29, 1.82) is 0 Å². The molecule has 1 saturated carbocycles. The molecule has 0 atom stereocenters. The number of nitrogens with zero attached hydrogens (tertiary/aromatic N) is 2. The zero-order valence-electron chi connectivity index (χ0n) is 12.9. The molecule has 1 aromatic rings. The average Bonchev–Trinajstić information content (AvgIpc) is 2.87. The number of aliphatic hydroxyl groups excluding tert-OH is 1. The zero-order chi connectivity index (χ0) is 14.6. The Morgan fingerprint density at radius 1 is 1.25 bits per heavy atom. The van der Waals surface area contributed by atoms with Gasteiger partial charge in [0.05, 0.1) is 0 Å². The van der Waals surface area contributed by atoms with Crippen molar-refractivity contribution in [1.82, 2.24) is 9.36 Å². The molecule has 0 radical (unpaired) electrons. The molecule has 1 heterocycles. The van der Waals surface area contributed by atoms with Gasteiger partial charge in [0.15, 0.2) is 0 Å². The van der Waals surface area contributed by atoms with Gasteiger partial charge in [0.2, 0.25) is 5.13 Å². The van der Waals surface area contributed by atoms with Gasteiger partial charge in [0.1, 0.15) is 5.82 Å². The van der Waals surface area contributed by atoms with E-state index in [0.29, 0.717) is 0 Å². The fourth-order valence-corrected chi connectivity index (χ4v) is 3.67. The number of aliphatic hydroxyl groups is 1. The van der Waals surface area contributed by atoms with Crippen LogP contribution in [0.2, 0.25) is 0 Å². The molecule has 2 N–H and O–H groups in total. The van der Waals surface area contributed by atoms with Gasteiger partial charge in [-0.3, -0.25) is 0 Å². The predicted molar refractivity (Wildman–Crippen MR) is 84.3 cm³/mol. The molecule has 1 aliphatic rings. The molecule has 20 heavy (non-hydrogen) atoms. The van der Waals surface area contributed by atoms with E-state index in [2.05, 4.69) is 35.4 Å². The van der Waals surface area contributed by atoms with Gasteiger partial charge in [-0.1, -0.05) is 40.0 Å². The van der Waals surface area contributed by atoms with Crippen LogP contribution < -0.4 is 5.32 Å². The highest BCUT2D eigenvalue weighted by molar-refractivity contribution is 7.09. The molecule has 1 aromatic heterocycles. The molecule has 1 aliphatic carbocycles. The van der Waals surface area contributed by atoms with Crippen LogP contribution in [-0.2, 0) is 5.41 Å². The maximum atomic E-state index is 9.34. The van der Waals surface area contributed by atoms with E-state index >= 15 is 0 Å². The second kappa shape index (κ2) is 6.39. The van der Waals surface area contributed by atoms with Crippen molar-refractivity contribution in [2.24, 2.45) is 5.41 Å². The lowest BCUT2D eigenvalue weighted by atomic mass is 9.72. The molecule has 4 nitrogen and oxygen atoms in total. The van der Waals surface area contributed by atoms with E-state index in [0.717, 1.165) is 23.9 Å². The molecule has 2 rings (SSSR count). The third-order valence-corrected chi connectivity index (χ3v) is 4.94. The van der Waals surface area contributed by atoms with Crippen molar-refractivity contribution in [3.8, 4) is 0 Å². The summed E-state index contributed by atoms with van der Waals surface area (Å²) in [7, 11) is 0. The third-order valence-electron chi connectivity index (χ3n) is 4.27. The minimum atomic E-state index is 0.00402. The van der Waals surface area contributed by atoms with Crippen molar-refractivity contribution >= 4 is 16.7 Å². The lowest BCUT2D eigenvalue weighted by Gasteiger charge is -2.37. The Bertz CT molecular complexity index is 413. The number of rotatable bonds is 5. The lowest BCUT2D eigenvalue weighted by molar-refractivity contribution is 0.141. The van der Waals surface area contributed by atoms with Gasteiger partial charge in [-0.2, -0.15) is 4.37 Å². The minimum absolute atomic E-state index is 0.00402. The summed E-state index contributed by atoms with van der Waals surface area (Å²) >= 11 is 1.45. The SMILES string of the molecule is CC(C)(C)c1nsc(NCC2(CCO)CCCCC2)n1. The molecule has 0 aromatic carbocycles. The molecule has 5 heteroatoms. The molecule has 0 aliphatic heterocycles. The predicted octanol–water partition coefficient (Wildman–Crippen LogP) is 3.58. The number of hydrogen-bond donors (Lipinski definition) is 2. The summed E-state index contributed by atoms with van der Waals surface area (Å²) in [6.07, 6.45) is 7.22. The van der Waals surface area contributed by atoms with Crippen LogP contribution in [0.15, 0.2) is 0 Å². The largest absolute Gasteiger partial charge is 0.396 e. The molecule has 0 saturated heterocycles. The van der Waals surface area contributed by atoms with E-state index in [1.807, 2.05) is 0 Å². The molecule has 0 spiro atoms. The van der Waals surface area contributed by atoms with Crippen molar-refractivity contribution < 1.29 is 5.11 Å². The average molecular weight is 297 g/mol. The van der Waals surface area contributed by atoms with Gasteiger partial charge in [-0.15, -0.1) is 0 Å². The lowest BCUT2D eigenvalue weighted by Crippen LogP contribution is -2.33. The van der Waals surface area contributed by atoms with Crippen molar-refractivity contribution in [2.45, 2.75) is 64.7 Å². The maximum absolute atomic E-state index is 9.34. The fraction of sp³-hybridized carbons (Fsp3) is 0.867. The third kappa shape index (κ3) is 3.92. The molecular formula is C15H27N3OS. The second-order valence-electron chi connectivity index (χ2n) is 7.06. The normalized spacial score (nSPS) is 19.0. The first-order chi connectivity index (χ1) is 9.45. The van der Waals surface area contributed by atoms with Gasteiger partial charge < -0.3 is 10.4 Å². The van der Waals surface area contributed by atoms with Crippen LogP contribution >= 0.6 is 11.5 Å². The summed E-state index contributed by atoms with van der Waals surface area (Å²) in [6, 6.07) is 0. The number of anilines is 1. The molecule has 0 amide bonds. The highest BCUT2D eigenvalue weighted by atomic mass is 32.1. The van der Waals surface area contributed by atoms with E-state index in [9.17, 15) is 5.11 Å². The highest BCUT2D eigenvalue weighted by Crippen LogP contribution is 2.39. The zero-order valence-corrected chi connectivity index (χ0v) is 13.7. The molecule has 114 valence electrons. The smallest absolute Gasteiger partial charge is 0.202 e. The van der Waals surface area contributed by atoms with Crippen molar-refractivity contribution in [3.63, 3.8) is 0 Å². The van der Waals surface area contributed by atoms with Gasteiger partial charge in [0, 0.05) is 30.1 Å². The van der Waals surface area contributed by atoms with Crippen LogP contribution in [0.25, 0.3) is 0 Å². The van der Waals surface area contributed by atoms with Crippen LogP contribution in [0, 0.1) is 5.41 Å². The first-order valence-corrected chi connectivity index (χ1v) is 8.41. The number of hydrogen-bond acceptors (Lipinski definition) is 5. The summed E-state index contributed by atoms with van der Waals surface area (Å²) in [5.41, 5.74) is 0.255. The van der Waals surface area contributed by atoms with Crippen LogP contribution in [0.1, 0.15) is 65.1 Å². The summed E-state index contributed by atoms with van der Waals surface area (Å²) < 4.78 is 4.44. The van der Waals surface area contributed by atoms with E-state index in [4.69, 9.17) is 0 Å². The van der Waals surface area contributed by atoms with Crippen LogP contribution in [-0.4, -0.2) is 27.6 Å². The summed E-state index contributed by atoms with van der Waals surface area (Å²) in [5, 5.41) is 13.7. The highest BCUT2D eigenvalue weighted by Gasteiger charge is 2.31. The van der Waals surface area contributed by atoms with E-state index < -0.39 is 0 Å². The van der Waals surface area contributed by atoms with Crippen LogP contribution in [0.3, 0.4) is 0 Å². The van der Waals surface area contributed by atoms with E-state index in [1.165, 1.54) is 43.6 Å². The first kappa shape index (κ1) is 15.7. The molecule has 0 unspecified atom stereocenters. The molecule has 1 fully saturated rings. The topological polar surface area (TPSA) is 58.0 Å². The minimum Gasteiger partial charge on any atom is -0.396 e. The Hall–Kier alpha value is -0.680. The Kier molecular flexibility index (Phi) is 5.02. The number of nitrogens with one attached hydrogen (secondary N) is 1. The van der Waals surface area contributed by atoms with E-state index in [1.54, 1.807) is 0 Å². The van der Waals surface area contributed by atoms with E-state index in [-0.39, 0.29) is 17.4 Å². The Balaban J connectivity index is 1.97. The molecular weight excluding hydrogens is 270 g/mol. The number of aromatic nitrogens is 2. The molecule has 0 bridgehead atoms. The standard InChI is InChI=1S/C15H27N3OS/c1-14(2,3)12-17-13(20-18-12)16-11-15(9-10-19)7-5-4-6-8-15/h19H,4-11H2,1-3H3,(H,16,17,18). The second-order valence-corrected chi connectivity index (χ2v) is 7.81. The fourth-order valence-electron chi connectivity index (χ4n) is 2.92.